The molecule has 19 heavy (non-hydrogen) atoms. The number of hydrogen-bond donors (Lipinski definition) is 1. The molecule has 104 valence electrons. The van der Waals surface area contributed by atoms with Crippen LogP contribution in [0.1, 0.15) is 11.1 Å². The molecule has 2 aliphatic rings. The molecular formula is C16H25N3. The van der Waals surface area contributed by atoms with Crippen LogP contribution in [-0.4, -0.2) is 62.2 Å². The van der Waals surface area contributed by atoms with Crippen molar-refractivity contribution in [2.24, 2.45) is 0 Å². The molecule has 0 spiro atoms. The minimum absolute atomic E-state index is 0.657. The van der Waals surface area contributed by atoms with E-state index in [1.54, 1.807) is 11.1 Å². The third-order valence-electron chi connectivity index (χ3n) is 4.51. The second kappa shape index (κ2) is 6.04. The summed E-state index contributed by atoms with van der Waals surface area (Å²) in [7, 11) is 2.21. The van der Waals surface area contributed by atoms with Gasteiger partial charge in [-0.15, -0.1) is 0 Å². The molecule has 1 aliphatic carbocycles. The van der Waals surface area contributed by atoms with Gasteiger partial charge in [0.05, 0.1) is 0 Å². The second-order valence-corrected chi connectivity index (χ2v) is 5.97. The molecule has 1 fully saturated rings. The Bertz CT molecular complexity index is 385. The molecule has 0 bridgehead atoms. The highest BCUT2D eigenvalue weighted by atomic mass is 15.2. The van der Waals surface area contributed by atoms with Gasteiger partial charge in [-0.2, -0.15) is 0 Å². The van der Waals surface area contributed by atoms with Crippen molar-refractivity contribution in [1.29, 1.82) is 0 Å². The van der Waals surface area contributed by atoms with Crippen LogP contribution in [0, 0.1) is 0 Å². The minimum Gasteiger partial charge on any atom is -0.312 e. The number of likely N-dealkylation sites (N-methyl/N-ethyl adjacent to an activating group) is 1. The van der Waals surface area contributed by atoms with Gasteiger partial charge in [0, 0.05) is 45.3 Å². The van der Waals surface area contributed by atoms with Crippen molar-refractivity contribution in [2.75, 3.05) is 46.3 Å². The van der Waals surface area contributed by atoms with Crippen LogP contribution in [0.4, 0.5) is 0 Å². The number of nitrogens with one attached hydrogen (secondary N) is 1. The SMILES string of the molecule is CN1CCN(CCNC2Cc3ccccc3C2)CC1. The normalized spacial score (nSPS) is 21.7. The van der Waals surface area contributed by atoms with Crippen LogP contribution in [0.25, 0.3) is 0 Å². The van der Waals surface area contributed by atoms with Crippen LogP contribution in [0.2, 0.25) is 0 Å². The van der Waals surface area contributed by atoms with Gasteiger partial charge >= 0.3 is 0 Å². The Hall–Kier alpha value is -0.900. The van der Waals surface area contributed by atoms with E-state index in [1.807, 2.05) is 0 Å². The van der Waals surface area contributed by atoms with E-state index in [-0.39, 0.29) is 0 Å². The van der Waals surface area contributed by atoms with Crippen LogP contribution in [0.5, 0.6) is 0 Å². The zero-order valence-corrected chi connectivity index (χ0v) is 11.9. The fourth-order valence-electron chi connectivity index (χ4n) is 3.20. The van der Waals surface area contributed by atoms with Gasteiger partial charge in [-0.3, -0.25) is 4.90 Å². The monoisotopic (exact) mass is 259 g/mol. The largest absolute Gasteiger partial charge is 0.312 e. The van der Waals surface area contributed by atoms with Gasteiger partial charge in [0.1, 0.15) is 0 Å². The molecule has 1 heterocycles. The van der Waals surface area contributed by atoms with Crippen molar-refractivity contribution >= 4 is 0 Å². The summed E-state index contributed by atoms with van der Waals surface area (Å²) in [6.45, 7) is 7.21. The van der Waals surface area contributed by atoms with E-state index in [4.69, 9.17) is 0 Å². The van der Waals surface area contributed by atoms with E-state index in [9.17, 15) is 0 Å². The van der Waals surface area contributed by atoms with Crippen LogP contribution in [0.3, 0.4) is 0 Å². The van der Waals surface area contributed by atoms with E-state index in [0.29, 0.717) is 6.04 Å². The van der Waals surface area contributed by atoms with Crippen LogP contribution >= 0.6 is 0 Å². The second-order valence-electron chi connectivity index (χ2n) is 5.97. The first kappa shape index (κ1) is 13.1. The first-order valence-corrected chi connectivity index (χ1v) is 7.52. The molecular weight excluding hydrogens is 234 g/mol. The van der Waals surface area contributed by atoms with Gasteiger partial charge in [-0.25, -0.2) is 0 Å². The molecule has 1 aliphatic heterocycles. The Balaban J connectivity index is 1.38. The fourth-order valence-corrected chi connectivity index (χ4v) is 3.20. The molecule has 0 aromatic heterocycles. The van der Waals surface area contributed by atoms with Crippen LogP contribution < -0.4 is 5.32 Å². The van der Waals surface area contributed by atoms with Crippen molar-refractivity contribution in [3.05, 3.63) is 35.4 Å². The number of hydrogen-bond acceptors (Lipinski definition) is 3. The quantitative estimate of drug-likeness (QED) is 0.870. The molecule has 3 rings (SSSR count). The highest BCUT2D eigenvalue weighted by Crippen LogP contribution is 2.21. The van der Waals surface area contributed by atoms with E-state index in [1.165, 1.54) is 45.6 Å². The van der Waals surface area contributed by atoms with Crippen molar-refractivity contribution in [2.45, 2.75) is 18.9 Å². The first-order chi connectivity index (χ1) is 9.31. The number of piperazine rings is 1. The summed E-state index contributed by atoms with van der Waals surface area (Å²) in [5.74, 6) is 0. The van der Waals surface area contributed by atoms with Gasteiger partial charge in [0.2, 0.25) is 0 Å². The third kappa shape index (κ3) is 3.35. The molecule has 0 unspecified atom stereocenters. The fraction of sp³-hybridized carbons (Fsp3) is 0.625. The highest BCUT2D eigenvalue weighted by molar-refractivity contribution is 5.33. The van der Waals surface area contributed by atoms with Gasteiger partial charge in [-0.1, -0.05) is 24.3 Å². The molecule has 1 saturated heterocycles. The van der Waals surface area contributed by atoms with E-state index in [2.05, 4.69) is 46.4 Å². The van der Waals surface area contributed by atoms with Gasteiger partial charge in [-0.05, 0) is 31.0 Å². The standard InChI is InChI=1S/C16H25N3/c1-18-8-10-19(11-9-18)7-6-17-16-12-14-4-2-3-5-15(14)13-16/h2-5,16-17H,6-13H2,1H3. The lowest BCUT2D eigenvalue weighted by Crippen LogP contribution is -2.47. The average molecular weight is 259 g/mol. The highest BCUT2D eigenvalue weighted by Gasteiger charge is 2.20. The average Bonchev–Trinajstić information content (AvgIpc) is 2.83. The molecule has 1 aromatic rings. The summed E-state index contributed by atoms with van der Waals surface area (Å²) < 4.78 is 0. The molecule has 0 amide bonds. The zero-order chi connectivity index (χ0) is 13.1. The summed E-state index contributed by atoms with van der Waals surface area (Å²) in [6, 6.07) is 9.52. The molecule has 1 aromatic carbocycles. The molecule has 0 atom stereocenters. The van der Waals surface area contributed by atoms with Gasteiger partial charge in [0.15, 0.2) is 0 Å². The van der Waals surface area contributed by atoms with Crippen molar-refractivity contribution in [3.63, 3.8) is 0 Å². The molecule has 0 saturated carbocycles. The van der Waals surface area contributed by atoms with E-state index < -0.39 is 0 Å². The van der Waals surface area contributed by atoms with Crippen molar-refractivity contribution in [1.82, 2.24) is 15.1 Å². The number of fused-ring (bicyclic) bond motifs is 1. The number of nitrogens with zero attached hydrogens (tertiary/aromatic N) is 2. The van der Waals surface area contributed by atoms with Crippen molar-refractivity contribution < 1.29 is 0 Å². The zero-order valence-electron chi connectivity index (χ0n) is 11.9. The Morgan fingerprint density at radius 3 is 2.32 bits per heavy atom. The predicted molar refractivity (Wildman–Crippen MR) is 79.6 cm³/mol. The summed E-state index contributed by atoms with van der Waals surface area (Å²) in [5.41, 5.74) is 3.08. The smallest absolute Gasteiger partial charge is 0.0149 e. The van der Waals surface area contributed by atoms with Gasteiger partial charge in [0.25, 0.3) is 0 Å². The summed E-state index contributed by atoms with van der Waals surface area (Å²) in [6.07, 6.45) is 2.41. The maximum absolute atomic E-state index is 3.73. The Morgan fingerprint density at radius 2 is 1.68 bits per heavy atom. The summed E-state index contributed by atoms with van der Waals surface area (Å²) in [5, 5.41) is 3.73. The lowest BCUT2D eigenvalue weighted by Gasteiger charge is -2.32. The van der Waals surface area contributed by atoms with Crippen LogP contribution in [0.15, 0.2) is 24.3 Å². The molecule has 1 N–H and O–H groups in total. The first-order valence-electron chi connectivity index (χ1n) is 7.52. The lowest BCUT2D eigenvalue weighted by molar-refractivity contribution is 0.153. The van der Waals surface area contributed by atoms with E-state index >= 15 is 0 Å². The Labute approximate surface area is 116 Å². The maximum Gasteiger partial charge on any atom is 0.0149 e. The Kier molecular flexibility index (Phi) is 4.16. The number of benzene rings is 1. The minimum atomic E-state index is 0.657. The molecule has 3 nitrogen and oxygen atoms in total. The lowest BCUT2D eigenvalue weighted by atomic mass is 10.1. The predicted octanol–water partition coefficient (Wildman–Crippen LogP) is 0.991. The number of rotatable bonds is 4. The molecule has 3 heteroatoms. The van der Waals surface area contributed by atoms with Crippen molar-refractivity contribution in [3.8, 4) is 0 Å². The topological polar surface area (TPSA) is 18.5 Å². The molecule has 0 radical (unpaired) electrons. The van der Waals surface area contributed by atoms with Crippen LogP contribution in [-0.2, 0) is 12.8 Å². The van der Waals surface area contributed by atoms with E-state index in [0.717, 1.165) is 6.54 Å². The van der Waals surface area contributed by atoms with Gasteiger partial charge < -0.3 is 10.2 Å². The maximum atomic E-state index is 3.73. The summed E-state index contributed by atoms with van der Waals surface area (Å²) in [4.78, 5) is 4.99. The Morgan fingerprint density at radius 1 is 1.05 bits per heavy atom. The third-order valence-corrected chi connectivity index (χ3v) is 4.51. The summed E-state index contributed by atoms with van der Waals surface area (Å²) >= 11 is 0.